The van der Waals surface area contributed by atoms with Gasteiger partial charge >= 0.3 is 5.97 Å². The minimum Gasteiger partial charge on any atom is -0.491 e. The van der Waals surface area contributed by atoms with Crippen LogP contribution in [0.1, 0.15) is 31.7 Å². The molecule has 0 aliphatic heterocycles. The first-order valence-corrected chi connectivity index (χ1v) is 12.0. The minimum atomic E-state index is -1.04. The van der Waals surface area contributed by atoms with Gasteiger partial charge in [-0.05, 0) is 43.5 Å². The number of ether oxygens (including phenoxy) is 2. The number of rotatable bonds is 9. The maximum Gasteiger partial charge on any atom is 0.306 e. The Morgan fingerprint density at radius 2 is 2.03 bits per heavy atom. The van der Waals surface area contributed by atoms with Gasteiger partial charge in [-0.25, -0.2) is 14.4 Å². The molecule has 2 heterocycles. The molecule has 1 aliphatic carbocycles. The molecule has 1 saturated carbocycles. The van der Waals surface area contributed by atoms with Crippen LogP contribution in [0, 0.1) is 5.82 Å². The van der Waals surface area contributed by atoms with Crippen molar-refractivity contribution in [3.05, 3.63) is 64.2 Å². The summed E-state index contributed by atoms with van der Waals surface area (Å²) in [4.78, 5) is 24.4. The second kappa shape index (κ2) is 9.55. The molecule has 0 bridgehead atoms. The second-order valence-corrected chi connectivity index (χ2v) is 9.63. The molecule has 186 valence electrons. The summed E-state index contributed by atoms with van der Waals surface area (Å²) in [5, 5.41) is 9.56. The molecule has 2 aromatic carbocycles. The molecule has 0 amide bonds. The monoisotopic (exact) mass is 530 g/mol. The van der Waals surface area contributed by atoms with E-state index in [1.807, 2.05) is 25.1 Å². The van der Waals surface area contributed by atoms with Crippen LogP contribution in [0.15, 0.2) is 42.7 Å². The van der Waals surface area contributed by atoms with Gasteiger partial charge in [0.2, 0.25) is 5.88 Å². The van der Waals surface area contributed by atoms with Crippen LogP contribution in [0.3, 0.4) is 0 Å². The van der Waals surface area contributed by atoms with E-state index in [0.717, 1.165) is 24.5 Å². The quantitative estimate of drug-likeness (QED) is 0.293. The Bertz CT molecular complexity index is 1470. The Morgan fingerprint density at radius 3 is 2.75 bits per heavy atom. The first-order chi connectivity index (χ1) is 17.2. The van der Waals surface area contributed by atoms with E-state index in [9.17, 15) is 9.18 Å². The Labute approximate surface area is 215 Å². The number of fused-ring (bicyclic) bond motifs is 1. The average molecular weight is 531 g/mol. The molecule has 0 saturated heterocycles. The van der Waals surface area contributed by atoms with Gasteiger partial charge in [-0.3, -0.25) is 4.79 Å². The van der Waals surface area contributed by atoms with Gasteiger partial charge in [-0.1, -0.05) is 35.3 Å². The normalized spacial score (nSPS) is 14.1. The van der Waals surface area contributed by atoms with Crippen molar-refractivity contribution in [1.82, 2.24) is 19.5 Å². The van der Waals surface area contributed by atoms with E-state index in [1.54, 1.807) is 10.6 Å². The lowest BCUT2D eigenvalue weighted by Gasteiger charge is -2.13. The fourth-order valence-electron chi connectivity index (χ4n) is 3.76. The summed E-state index contributed by atoms with van der Waals surface area (Å²) in [6.45, 7) is 2.14. The molecule has 0 unspecified atom stereocenters. The number of carboxylic acid groups (broad SMARTS) is 1. The number of carboxylic acids is 1. The van der Waals surface area contributed by atoms with Crippen LogP contribution in [0.4, 0.5) is 4.39 Å². The lowest BCUT2D eigenvalue weighted by Crippen LogP contribution is -2.13. The maximum atomic E-state index is 14.7. The third-order valence-corrected chi connectivity index (χ3v) is 6.47. The summed E-state index contributed by atoms with van der Waals surface area (Å²) in [7, 11) is 0. The first-order valence-electron chi connectivity index (χ1n) is 11.2. The number of imidazole rings is 1. The maximum absolute atomic E-state index is 14.7. The van der Waals surface area contributed by atoms with Crippen molar-refractivity contribution in [1.29, 1.82) is 0 Å². The number of hydrogen-bond acceptors (Lipinski definition) is 6. The largest absolute Gasteiger partial charge is 0.491 e. The van der Waals surface area contributed by atoms with Gasteiger partial charge in [0, 0.05) is 16.7 Å². The highest BCUT2D eigenvalue weighted by Crippen LogP contribution is 2.42. The Morgan fingerprint density at radius 1 is 1.22 bits per heavy atom. The van der Waals surface area contributed by atoms with Gasteiger partial charge in [-0.15, -0.1) is 0 Å². The summed E-state index contributed by atoms with van der Waals surface area (Å²) < 4.78 is 28.1. The van der Waals surface area contributed by atoms with Crippen molar-refractivity contribution in [3.8, 4) is 23.0 Å². The summed E-state index contributed by atoms with van der Waals surface area (Å²) >= 11 is 12.8. The Kier molecular flexibility index (Phi) is 6.44. The molecule has 4 aromatic rings. The van der Waals surface area contributed by atoms with Crippen LogP contribution in [-0.2, 0) is 11.3 Å². The molecule has 1 aliphatic rings. The van der Waals surface area contributed by atoms with Crippen molar-refractivity contribution in [2.45, 2.75) is 38.3 Å². The number of halogens is 3. The molecular formula is C25H21Cl2FN4O4. The second-order valence-electron chi connectivity index (χ2n) is 8.81. The first kappa shape index (κ1) is 24.3. The van der Waals surface area contributed by atoms with Crippen molar-refractivity contribution < 1.29 is 23.8 Å². The standard InChI is InChI=1S/C25H21Cl2FN4O4/c1-25(6-7-25)36-24-21-23(29-13-30-24)32(12-14-3-2-4-15(26)9-14)22(31-21)17-10-16(28)11-18(20(17)27)35-8-5-19(33)34/h2-4,9-11,13H,5-8,12H2,1H3,(H,33,34). The van der Waals surface area contributed by atoms with Crippen LogP contribution in [0.2, 0.25) is 10.0 Å². The number of benzene rings is 2. The molecule has 2 aromatic heterocycles. The molecule has 0 atom stereocenters. The number of aliphatic carboxylic acids is 1. The summed E-state index contributed by atoms with van der Waals surface area (Å²) in [5.41, 5.74) is 1.71. The average Bonchev–Trinajstić information content (AvgIpc) is 3.44. The Balaban J connectivity index is 1.65. The molecule has 0 spiro atoms. The molecule has 1 fully saturated rings. The topological polar surface area (TPSA) is 99.4 Å². The smallest absolute Gasteiger partial charge is 0.306 e. The van der Waals surface area contributed by atoms with Crippen LogP contribution >= 0.6 is 23.2 Å². The van der Waals surface area contributed by atoms with Crippen molar-refractivity contribution in [2.24, 2.45) is 0 Å². The molecule has 11 heteroatoms. The van der Waals surface area contributed by atoms with Gasteiger partial charge in [0.15, 0.2) is 11.2 Å². The lowest BCUT2D eigenvalue weighted by atomic mass is 10.1. The fraction of sp³-hybridized carbons (Fsp3) is 0.280. The predicted octanol–water partition coefficient (Wildman–Crippen LogP) is 5.77. The van der Waals surface area contributed by atoms with Crippen LogP contribution in [0.5, 0.6) is 11.6 Å². The van der Waals surface area contributed by atoms with Gasteiger partial charge in [-0.2, -0.15) is 4.98 Å². The molecular weight excluding hydrogens is 510 g/mol. The third kappa shape index (κ3) is 5.08. The molecule has 0 radical (unpaired) electrons. The summed E-state index contributed by atoms with van der Waals surface area (Å²) in [6, 6.07) is 9.68. The van der Waals surface area contributed by atoms with Gasteiger partial charge < -0.3 is 19.1 Å². The number of aromatic nitrogens is 4. The summed E-state index contributed by atoms with van der Waals surface area (Å²) in [6.07, 6.45) is 2.95. The van der Waals surface area contributed by atoms with E-state index < -0.39 is 11.8 Å². The highest BCUT2D eigenvalue weighted by atomic mass is 35.5. The van der Waals surface area contributed by atoms with E-state index in [0.29, 0.717) is 34.4 Å². The minimum absolute atomic E-state index is 0.0160. The highest BCUT2D eigenvalue weighted by Gasteiger charge is 2.41. The molecule has 36 heavy (non-hydrogen) atoms. The fourth-order valence-corrected chi connectivity index (χ4v) is 4.22. The summed E-state index contributed by atoms with van der Waals surface area (Å²) in [5.74, 6) is -0.988. The Hall–Kier alpha value is -3.43. The molecule has 8 nitrogen and oxygen atoms in total. The van der Waals surface area contributed by atoms with Gasteiger partial charge in [0.05, 0.1) is 24.6 Å². The molecule has 1 N–H and O–H groups in total. The van der Waals surface area contributed by atoms with Gasteiger partial charge in [0.25, 0.3) is 0 Å². The zero-order valence-electron chi connectivity index (χ0n) is 19.2. The van der Waals surface area contributed by atoms with E-state index in [4.69, 9.17) is 42.8 Å². The SMILES string of the molecule is CC1(Oc2ncnc3c2nc(-c2cc(F)cc(OCCC(=O)O)c2Cl)n3Cc2cccc(Cl)c2)CC1. The van der Waals surface area contributed by atoms with E-state index in [1.165, 1.54) is 12.4 Å². The third-order valence-electron chi connectivity index (χ3n) is 5.84. The highest BCUT2D eigenvalue weighted by molar-refractivity contribution is 6.34. The van der Waals surface area contributed by atoms with Crippen LogP contribution in [-0.4, -0.2) is 42.8 Å². The van der Waals surface area contributed by atoms with Crippen molar-refractivity contribution in [3.63, 3.8) is 0 Å². The number of hydrogen-bond donors (Lipinski definition) is 1. The zero-order valence-corrected chi connectivity index (χ0v) is 20.7. The zero-order chi connectivity index (χ0) is 25.4. The lowest BCUT2D eigenvalue weighted by molar-refractivity contribution is -0.137. The number of nitrogens with zero attached hydrogens (tertiary/aromatic N) is 4. The number of carbonyl (C=O) groups is 1. The van der Waals surface area contributed by atoms with E-state index in [2.05, 4.69) is 9.97 Å². The van der Waals surface area contributed by atoms with Crippen LogP contribution < -0.4 is 9.47 Å². The van der Waals surface area contributed by atoms with Crippen LogP contribution in [0.25, 0.3) is 22.6 Å². The molecule has 5 rings (SSSR count). The van der Waals surface area contributed by atoms with E-state index in [-0.39, 0.29) is 35.0 Å². The van der Waals surface area contributed by atoms with Crippen molar-refractivity contribution >= 4 is 40.3 Å². The van der Waals surface area contributed by atoms with Gasteiger partial charge in [0.1, 0.15) is 29.3 Å². The predicted molar refractivity (Wildman–Crippen MR) is 132 cm³/mol. The van der Waals surface area contributed by atoms with E-state index >= 15 is 0 Å². The van der Waals surface area contributed by atoms with Crippen molar-refractivity contribution in [2.75, 3.05) is 6.61 Å².